The van der Waals surface area contributed by atoms with Gasteiger partial charge in [0.1, 0.15) is 23.6 Å². The molecule has 1 aromatic carbocycles. The molecule has 12 heteroatoms. The largest absolute Gasteiger partial charge is 0.496 e. The van der Waals surface area contributed by atoms with Crippen molar-refractivity contribution in [1.29, 1.82) is 0 Å². The quantitative estimate of drug-likeness (QED) is 0.133. The molecule has 4 rings (SSSR count). The van der Waals surface area contributed by atoms with Crippen LogP contribution in [0.2, 0.25) is 0 Å². The first-order chi connectivity index (χ1) is 19.4. The minimum Gasteiger partial charge on any atom is -0.496 e. The van der Waals surface area contributed by atoms with Crippen LogP contribution < -0.4 is 20.1 Å². The van der Waals surface area contributed by atoms with Crippen LogP contribution >= 0.6 is 33.9 Å². The number of thiophene rings is 1. The number of benzene rings is 1. The Kier molecular flexibility index (Phi) is 10.5. The summed E-state index contributed by atoms with van der Waals surface area (Å²) in [4.78, 5) is 29.0. The topological polar surface area (TPSA) is 111 Å². The molecule has 1 amide bonds. The number of carbonyl (C=O) groups is 1. The number of hydrogen-bond acceptors (Lipinski definition) is 10. The lowest BCUT2D eigenvalue weighted by Gasteiger charge is -2.17. The second kappa shape index (κ2) is 14.0. The third-order valence-corrected chi connectivity index (χ3v) is 8.55. The molecule has 3 aromatic heterocycles. The van der Waals surface area contributed by atoms with Crippen molar-refractivity contribution < 1.29 is 19.0 Å². The molecule has 0 unspecified atom stereocenters. The summed E-state index contributed by atoms with van der Waals surface area (Å²) in [6, 6.07) is 5.67. The number of anilines is 3. The van der Waals surface area contributed by atoms with E-state index in [-0.39, 0.29) is 5.91 Å². The van der Waals surface area contributed by atoms with Crippen LogP contribution in [0.4, 0.5) is 17.3 Å². The number of halogens is 1. The highest BCUT2D eigenvalue weighted by Crippen LogP contribution is 2.38. The summed E-state index contributed by atoms with van der Waals surface area (Å²) in [5.41, 5.74) is 3.44. The van der Waals surface area contributed by atoms with Gasteiger partial charge in [-0.1, -0.05) is 19.9 Å². The Hall–Kier alpha value is -3.07. The van der Waals surface area contributed by atoms with E-state index in [2.05, 4.69) is 66.9 Å². The molecule has 0 saturated heterocycles. The van der Waals surface area contributed by atoms with E-state index in [4.69, 9.17) is 14.2 Å². The number of nitrogens with one attached hydrogen (secondary N) is 2. The van der Waals surface area contributed by atoms with E-state index in [1.807, 2.05) is 19.1 Å². The van der Waals surface area contributed by atoms with Gasteiger partial charge < -0.3 is 29.7 Å². The van der Waals surface area contributed by atoms with Gasteiger partial charge in [0.05, 0.1) is 52.5 Å². The molecule has 212 valence electrons. The molecule has 0 aliphatic rings. The highest BCUT2D eigenvalue weighted by atomic mass is 127. The summed E-state index contributed by atoms with van der Waals surface area (Å²) in [7, 11) is 3.17. The Morgan fingerprint density at radius 3 is 2.55 bits per heavy atom. The van der Waals surface area contributed by atoms with Crippen molar-refractivity contribution in [2.45, 2.75) is 27.4 Å². The SMILES string of the molecule is CCN(CC)CCOCc1ccc(Nc2ncnc3c(C(=O)Nc4c(C)c(OC)cc(OC)c4I)csc23)nc1. The summed E-state index contributed by atoms with van der Waals surface area (Å²) in [5.74, 6) is 2.18. The highest BCUT2D eigenvalue weighted by Gasteiger charge is 2.21. The molecule has 10 nitrogen and oxygen atoms in total. The number of pyridine rings is 1. The Bertz CT molecular complexity index is 1430. The van der Waals surface area contributed by atoms with Gasteiger partial charge in [0.25, 0.3) is 5.91 Å². The fourth-order valence-electron chi connectivity index (χ4n) is 4.12. The lowest BCUT2D eigenvalue weighted by molar-refractivity contribution is 0.0955. The van der Waals surface area contributed by atoms with Gasteiger partial charge in [0.2, 0.25) is 0 Å². The summed E-state index contributed by atoms with van der Waals surface area (Å²) < 4.78 is 18.3. The van der Waals surface area contributed by atoms with Gasteiger partial charge in [-0.2, -0.15) is 0 Å². The Balaban J connectivity index is 1.47. The Labute approximate surface area is 251 Å². The molecular weight excluding hydrogens is 643 g/mol. The van der Waals surface area contributed by atoms with Gasteiger partial charge >= 0.3 is 0 Å². The number of hydrogen-bond donors (Lipinski definition) is 2. The standard InChI is InChI=1S/C28H33IN6O4S/c1-6-35(7-2)10-11-39-14-18-8-9-22(30-13-18)33-27-26-25(31-16-32-27)19(15-40-26)28(36)34-24-17(3)20(37-4)12-21(38-5)23(24)29/h8-9,12-13,15-16H,6-7,10-11,14H2,1-5H3,(H,34,36)(H,30,31,32,33). The first-order valence-electron chi connectivity index (χ1n) is 12.9. The van der Waals surface area contributed by atoms with Crippen LogP contribution in [0, 0.1) is 10.5 Å². The molecule has 40 heavy (non-hydrogen) atoms. The molecule has 0 radical (unpaired) electrons. The van der Waals surface area contributed by atoms with Gasteiger partial charge in [-0.25, -0.2) is 15.0 Å². The lowest BCUT2D eigenvalue weighted by Crippen LogP contribution is -2.26. The average molecular weight is 677 g/mol. The van der Waals surface area contributed by atoms with E-state index in [0.29, 0.717) is 53.1 Å². The molecular formula is C28H33IN6O4S. The Morgan fingerprint density at radius 1 is 1.10 bits per heavy atom. The van der Waals surface area contributed by atoms with Crippen molar-refractivity contribution in [1.82, 2.24) is 19.9 Å². The second-order valence-electron chi connectivity index (χ2n) is 8.85. The third-order valence-electron chi connectivity index (χ3n) is 6.51. The van der Waals surface area contributed by atoms with Crippen LogP contribution in [0.15, 0.2) is 36.1 Å². The first-order valence-corrected chi connectivity index (χ1v) is 14.8. The zero-order valence-corrected chi connectivity index (χ0v) is 26.2. The molecule has 0 aliphatic carbocycles. The van der Waals surface area contributed by atoms with Crippen LogP contribution in [0.3, 0.4) is 0 Å². The predicted molar refractivity (Wildman–Crippen MR) is 167 cm³/mol. The van der Waals surface area contributed by atoms with E-state index in [9.17, 15) is 4.79 Å². The summed E-state index contributed by atoms with van der Waals surface area (Å²) in [5, 5.41) is 8.06. The molecule has 0 bridgehead atoms. The fraction of sp³-hybridized carbons (Fsp3) is 0.357. The van der Waals surface area contributed by atoms with Crippen LogP contribution in [0.1, 0.15) is 35.3 Å². The maximum absolute atomic E-state index is 13.4. The molecule has 0 spiro atoms. The molecule has 0 saturated carbocycles. The van der Waals surface area contributed by atoms with E-state index in [0.717, 1.165) is 39.0 Å². The van der Waals surface area contributed by atoms with Crippen LogP contribution in [-0.4, -0.2) is 66.2 Å². The number of carbonyl (C=O) groups excluding carboxylic acids is 1. The van der Waals surface area contributed by atoms with Gasteiger partial charge in [-0.05, 0) is 54.2 Å². The molecule has 3 heterocycles. The normalized spacial score (nSPS) is 11.2. The number of nitrogens with zero attached hydrogens (tertiary/aromatic N) is 4. The summed E-state index contributed by atoms with van der Waals surface area (Å²) in [6.07, 6.45) is 3.23. The molecule has 4 aromatic rings. The second-order valence-corrected chi connectivity index (χ2v) is 10.8. The Morgan fingerprint density at radius 2 is 1.88 bits per heavy atom. The minimum atomic E-state index is -0.282. The lowest BCUT2D eigenvalue weighted by atomic mass is 10.1. The van der Waals surface area contributed by atoms with Crippen molar-refractivity contribution >= 4 is 67.4 Å². The van der Waals surface area contributed by atoms with Crippen molar-refractivity contribution in [2.75, 3.05) is 51.1 Å². The van der Waals surface area contributed by atoms with Gasteiger partial charge in [0.15, 0.2) is 5.82 Å². The monoisotopic (exact) mass is 676 g/mol. The van der Waals surface area contributed by atoms with Gasteiger partial charge in [0, 0.05) is 29.8 Å². The predicted octanol–water partition coefficient (Wildman–Crippen LogP) is 5.87. The number of likely N-dealkylation sites (N-methyl/N-ethyl adjacent to an activating group) is 1. The third kappa shape index (κ3) is 6.79. The van der Waals surface area contributed by atoms with Crippen molar-refractivity contribution in [3.8, 4) is 11.5 Å². The maximum atomic E-state index is 13.4. The van der Waals surface area contributed by atoms with Gasteiger partial charge in [-0.3, -0.25) is 4.79 Å². The molecule has 0 aliphatic heterocycles. The van der Waals surface area contributed by atoms with E-state index in [1.165, 1.54) is 17.7 Å². The van der Waals surface area contributed by atoms with Crippen molar-refractivity contribution in [2.24, 2.45) is 0 Å². The maximum Gasteiger partial charge on any atom is 0.258 e. The number of aromatic nitrogens is 3. The minimum absolute atomic E-state index is 0.282. The zero-order valence-electron chi connectivity index (χ0n) is 23.2. The number of rotatable bonds is 13. The summed E-state index contributed by atoms with van der Waals surface area (Å²) in [6.45, 7) is 10.3. The number of fused-ring (bicyclic) bond motifs is 1. The van der Waals surface area contributed by atoms with E-state index in [1.54, 1.807) is 31.9 Å². The molecule has 0 atom stereocenters. The number of ether oxygens (including phenoxy) is 3. The van der Waals surface area contributed by atoms with E-state index < -0.39 is 0 Å². The van der Waals surface area contributed by atoms with Crippen molar-refractivity contribution in [3.63, 3.8) is 0 Å². The fourth-order valence-corrected chi connectivity index (χ4v) is 5.98. The highest BCUT2D eigenvalue weighted by molar-refractivity contribution is 14.1. The number of methoxy groups -OCH3 is 2. The first kappa shape index (κ1) is 29.9. The van der Waals surface area contributed by atoms with Crippen molar-refractivity contribution in [3.05, 3.63) is 56.4 Å². The van der Waals surface area contributed by atoms with Crippen LogP contribution in [0.5, 0.6) is 11.5 Å². The average Bonchev–Trinajstić information content (AvgIpc) is 3.42. The zero-order chi connectivity index (χ0) is 28.6. The van der Waals surface area contributed by atoms with Gasteiger partial charge in [-0.15, -0.1) is 11.3 Å². The molecule has 2 N–H and O–H groups in total. The number of amides is 1. The smallest absolute Gasteiger partial charge is 0.258 e. The van der Waals surface area contributed by atoms with E-state index >= 15 is 0 Å². The van der Waals surface area contributed by atoms with Crippen LogP contribution in [0.25, 0.3) is 10.2 Å². The summed E-state index contributed by atoms with van der Waals surface area (Å²) >= 11 is 3.55. The molecule has 0 fully saturated rings. The van der Waals surface area contributed by atoms with Crippen LogP contribution in [-0.2, 0) is 11.3 Å².